The summed E-state index contributed by atoms with van der Waals surface area (Å²) < 4.78 is 16.6. The normalized spacial score (nSPS) is 13.4. The van der Waals surface area contributed by atoms with Gasteiger partial charge in [0.25, 0.3) is 6.20 Å². The van der Waals surface area contributed by atoms with E-state index in [1.165, 1.54) is 17.8 Å². The number of benzene rings is 3. The molecule has 0 unspecified atom stereocenters. The second-order valence-electron chi connectivity index (χ2n) is 10.6. The number of pyridine rings is 1. The molecule has 0 radical (unpaired) electrons. The largest absolute Gasteiger partial charge is 0.583 e. The predicted molar refractivity (Wildman–Crippen MR) is 171 cm³/mol. The van der Waals surface area contributed by atoms with Crippen LogP contribution in [0.2, 0.25) is 0 Å². The van der Waals surface area contributed by atoms with Crippen molar-refractivity contribution in [2.24, 2.45) is 0 Å². The molecule has 1 amide bonds. The van der Waals surface area contributed by atoms with E-state index in [9.17, 15) is 4.79 Å². The molecular weight excluding hydrogens is 576 g/mol. The van der Waals surface area contributed by atoms with Crippen molar-refractivity contribution in [2.45, 2.75) is 19.3 Å². The fourth-order valence-electron chi connectivity index (χ4n) is 5.75. The number of rotatable bonds is 7. The number of thiophene rings is 1. The molecule has 3 aromatic heterocycles. The van der Waals surface area contributed by atoms with E-state index in [1.807, 2.05) is 48.5 Å². The fourth-order valence-corrected chi connectivity index (χ4v) is 6.75. The van der Waals surface area contributed by atoms with Gasteiger partial charge in [0.15, 0.2) is 0 Å². The Morgan fingerprint density at radius 1 is 0.977 bits per heavy atom. The van der Waals surface area contributed by atoms with Gasteiger partial charge in [-0.1, -0.05) is 42.5 Å². The van der Waals surface area contributed by atoms with Crippen molar-refractivity contribution in [1.29, 1.82) is 0 Å². The zero-order valence-electron chi connectivity index (χ0n) is 24.3. The molecule has 1 aliphatic rings. The van der Waals surface area contributed by atoms with E-state index in [2.05, 4.69) is 33.8 Å². The predicted octanol–water partition coefficient (Wildman–Crippen LogP) is 6.63. The number of nitrogens with zero attached hydrogens (tertiary/aromatic N) is 5. The number of hydrogen-bond donors (Lipinski definition) is 1. The topological polar surface area (TPSA) is 122 Å². The molecule has 44 heavy (non-hydrogen) atoms. The van der Waals surface area contributed by atoms with Crippen LogP contribution >= 0.6 is 11.3 Å². The fraction of sp³-hybridized carbons (Fsp3) is 0.212. The average Bonchev–Trinajstić information content (AvgIpc) is 3.68. The molecule has 222 valence electrons. The van der Waals surface area contributed by atoms with Crippen molar-refractivity contribution in [2.75, 3.05) is 38.1 Å². The van der Waals surface area contributed by atoms with Crippen LogP contribution in [0.3, 0.4) is 0 Å². The Bertz CT molecular complexity index is 2010. The van der Waals surface area contributed by atoms with Gasteiger partial charge in [-0.25, -0.2) is 4.98 Å². The van der Waals surface area contributed by atoms with Crippen LogP contribution in [0.4, 0.5) is 11.6 Å². The molecule has 10 nitrogen and oxygen atoms in total. The molecule has 0 aliphatic carbocycles. The first-order valence-electron chi connectivity index (χ1n) is 14.4. The van der Waals surface area contributed by atoms with Crippen LogP contribution in [0.15, 0.2) is 77.4 Å². The molecule has 1 saturated heterocycles. The van der Waals surface area contributed by atoms with Crippen LogP contribution in [-0.2, 0) is 0 Å². The van der Waals surface area contributed by atoms with Crippen molar-refractivity contribution < 1.29 is 23.6 Å². The number of anilines is 1. The number of methoxy groups -OCH3 is 2. The lowest BCUT2D eigenvalue weighted by Crippen LogP contribution is -2.60. The summed E-state index contributed by atoms with van der Waals surface area (Å²) in [4.78, 5) is 21.1. The van der Waals surface area contributed by atoms with Gasteiger partial charge in [0, 0.05) is 22.6 Å². The van der Waals surface area contributed by atoms with Crippen LogP contribution in [-0.4, -0.2) is 43.5 Å². The number of hydrogen-bond acceptors (Lipinski definition) is 9. The number of carbonyl (C=O) groups excluding carboxylic acids is 1. The third kappa shape index (κ3) is 4.94. The summed E-state index contributed by atoms with van der Waals surface area (Å²) in [5, 5.41) is 13.2. The summed E-state index contributed by atoms with van der Waals surface area (Å²) in [6.45, 7) is 1.74. The maximum absolute atomic E-state index is 13.6. The van der Waals surface area contributed by atoms with E-state index >= 15 is 0 Å². The Kier molecular flexibility index (Phi) is 7.23. The number of nitrogens with two attached hydrogens (primary N) is 1. The molecule has 7 rings (SSSR count). The lowest BCUT2D eigenvalue weighted by atomic mass is 9.96. The molecule has 11 heteroatoms. The summed E-state index contributed by atoms with van der Waals surface area (Å²) >= 11 is 1.21. The summed E-state index contributed by atoms with van der Waals surface area (Å²) in [5.74, 6) is 0.852. The highest BCUT2D eigenvalue weighted by molar-refractivity contribution is 7.21. The number of aromatic nitrogens is 3. The number of amides is 1. The third-order valence-electron chi connectivity index (χ3n) is 7.94. The van der Waals surface area contributed by atoms with Gasteiger partial charge in [-0.3, -0.25) is 0 Å². The summed E-state index contributed by atoms with van der Waals surface area (Å²) in [6.07, 6.45) is 4.98. The van der Waals surface area contributed by atoms with Crippen molar-refractivity contribution in [3.63, 3.8) is 0 Å². The Hall–Kier alpha value is -5.16. The van der Waals surface area contributed by atoms with E-state index in [0.717, 1.165) is 59.1 Å². The van der Waals surface area contributed by atoms with Gasteiger partial charge in [-0.15, -0.1) is 11.3 Å². The Morgan fingerprint density at radius 3 is 2.61 bits per heavy atom. The first-order chi connectivity index (χ1) is 21.5. The van der Waals surface area contributed by atoms with Crippen molar-refractivity contribution >= 4 is 49.8 Å². The summed E-state index contributed by atoms with van der Waals surface area (Å²) in [5.41, 5.74) is 10.3. The number of carbonyl (C=O) groups is 1. The second kappa shape index (κ2) is 11.5. The molecule has 0 bridgehead atoms. The molecule has 4 heterocycles. The molecule has 6 aromatic rings. The Balaban J connectivity index is 1.35. The Labute approximate surface area is 257 Å². The molecule has 1 aliphatic heterocycles. The van der Waals surface area contributed by atoms with E-state index in [-0.39, 0.29) is 10.8 Å². The van der Waals surface area contributed by atoms with Crippen molar-refractivity contribution in [3.05, 3.63) is 83.1 Å². The average molecular weight is 607 g/mol. The van der Waals surface area contributed by atoms with Crippen molar-refractivity contribution in [3.8, 4) is 33.9 Å². The first kappa shape index (κ1) is 27.7. The summed E-state index contributed by atoms with van der Waals surface area (Å²) in [6, 6.07) is 21.9. The molecule has 0 spiro atoms. The van der Waals surface area contributed by atoms with Gasteiger partial charge in [-0.2, -0.15) is 5.01 Å². The maximum atomic E-state index is 13.6. The first-order valence-corrected chi connectivity index (χ1v) is 15.2. The molecule has 2 N–H and O–H groups in total. The standard InChI is InChI=1S/C33H30N6O4S/c1-41-21-13-14-24(27(17-21)42-2)25-18-26(23-12-8-10-20-9-4-5-11-22(20)23)35-33-29(25)30(34)31(44-33)32(40)36-28-19-39(37-43-28)38-15-6-3-7-16-38/h4-5,8-14,17-19H,3,6-7,15-16H2,1-2H3,(H2-,34,36,37,40). The quantitative estimate of drug-likeness (QED) is 0.201. The number of nitrogen functional groups attached to an aromatic ring is 1. The number of fused-ring (bicyclic) bond motifs is 2. The maximum Gasteiger partial charge on any atom is 0.257 e. The highest BCUT2D eigenvalue weighted by atomic mass is 32.1. The van der Waals surface area contributed by atoms with Crippen LogP contribution in [0, 0.1) is 0 Å². The zero-order chi connectivity index (χ0) is 30.2. The number of piperidine rings is 1. The van der Waals surface area contributed by atoms with Gasteiger partial charge >= 0.3 is 0 Å². The molecular formula is C33H30N6O4S. The van der Waals surface area contributed by atoms with Gasteiger partial charge < -0.3 is 29.8 Å². The van der Waals surface area contributed by atoms with E-state index in [1.54, 1.807) is 25.2 Å². The smallest absolute Gasteiger partial charge is 0.257 e. The molecule has 1 fully saturated rings. The SMILES string of the molecule is COc1ccc(-c2cc(-c3cccc4ccccc34)nc3sc(C(=O)[N-]c4c[n+](N5CCCCC5)no4)c(N)c23)c(OC)c1. The van der Waals surface area contributed by atoms with E-state index in [4.69, 9.17) is 24.7 Å². The number of ether oxygens (including phenoxy) is 2. The van der Waals surface area contributed by atoms with Crippen molar-refractivity contribution in [1.82, 2.24) is 10.3 Å². The minimum atomic E-state index is -0.521. The van der Waals surface area contributed by atoms with Gasteiger partial charge in [-0.05, 0) is 53.8 Å². The molecule has 0 saturated carbocycles. The molecule has 3 aromatic carbocycles. The Morgan fingerprint density at radius 2 is 1.80 bits per heavy atom. The highest BCUT2D eigenvalue weighted by Gasteiger charge is 2.24. The van der Waals surface area contributed by atoms with Crippen LogP contribution in [0.1, 0.15) is 28.9 Å². The minimum Gasteiger partial charge on any atom is -0.583 e. The van der Waals surface area contributed by atoms with Gasteiger partial charge in [0.05, 0.1) is 48.4 Å². The molecule has 0 atom stereocenters. The van der Waals surface area contributed by atoms with E-state index in [0.29, 0.717) is 27.4 Å². The monoisotopic (exact) mass is 606 g/mol. The van der Waals surface area contributed by atoms with Crippen LogP contribution in [0.5, 0.6) is 11.5 Å². The third-order valence-corrected chi connectivity index (χ3v) is 9.02. The minimum absolute atomic E-state index is 0.110. The van der Waals surface area contributed by atoms with Crippen LogP contribution < -0.4 is 25.0 Å². The zero-order valence-corrected chi connectivity index (χ0v) is 25.1. The highest BCUT2D eigenvalue weighted by Crippen LogP contribution is 2.46. The van der Waals surface area contributed by atoms with E-state index < -0.39 is 5.91 Å². The lowest BCUT2D eigenvalue weighted by Gasteiger charge is -2.18. The van der Waals surface area contributed by atoms with Gasteiger partial charge in [0.1, 0.15) is 28.1 Å². The van der Waals surface area contributed by atoms with Crippen LogP contribution in [0.25, 0.3) is 48.7 Å². The summed E-state index contributed by atoms with van der Waals surface area (Å²) in [7, 11) is 3.22. The second-order valence-corrected chi connectivity index (χ2v) is 11.6. The lowest BCUT2D eigenvalue weighted by molar-refractivity contribution is -0.759. The van der Waals surface area contributed by atoms with Gasteiger partial charge in [0.2, 0.25) is 5.27 Å².